The average molecular weight is 188 g/mol. The first-order valence-corrected chi connectivity index (χ1v) is 4.75. The van der Waals surface area contributed by atoms with Crippen LogP contribution in [0.2, 0.25) is 0 Å². The minimum Gasteiger partial charge on any atom is -0.244 e. The Bertz CT molecular complexity index is 324. The zero-order valence-electron chi connectivity index (χ0n) is 6.92. The van der Waals surface area contributed by atoms with Gasteiger partial charge in [-0.1, -0.05) is 30.0 Å². The first-order chi connectivity index (χ1) is 6.45. The van der Waals surface area contributed by atoms with Gasteiger partial charge in [0.25, 0.3) is 0 Å². The molecule has 0 N–H and O–H groups in total. The molecule has 0 radical (unpaired) electrons. The fourth-order valence-corrected chi connectivity index (χ4v) is 1.76. The Kier molecular flexibility index (Phi) is 2.57. The molecule has 2 nitrogen and oxygen atoms in total. The van der Waals surface area contributed by atoms with Crippen molar-refractivity contribution in [3.8, 4) is 0 Å². The number of aromatic nitrogens is 2. The van der Waals surface area contributed by atoms with E-state index < -0.39 is 0 Å². The van der Waals surface area contributed by atoms with E-state index in [9.17, 15) is 0 Å². The van der Waals surface area contributed by atoms with Gasteiger partial charge in [-0.25, -0.2) is 9.97 Å². The molecule has 0 aliphatic rings. The van der Waals surface area contributed by atoms with Crippen molar-refractivity contribution in [1.82, 2.24) is 9.97 Å². The highest BCUT2D eigenvalue weighted by molar-refractivity contribution is 7.99. The summed E-state index contributed by atoms with van der Waals surface area (Å²) in [4.78, 5) is 10.2. The van der Waals surface area contributed by atoms with Crippen molar-refractivity contribution in [3.63, 3.8) is 0 Å². The van der Waals surface area contributed by atoms with Crippen LogP contribution in [-0.4, -0.2) is 9.97 Å². The minimum atomic E-state index is 1.06. The molecule has 2 rings (SSSR count). The first-order valence-electron chi connectivity index (χ1n) is 3.93. The second kappa shape index (κ2) is 4.05. The third kappa shape index (κ3) is 2.29. The summed E-state index contributed by atoms with van der Waals surface area (Å²) in [5.41, 5.74) is 0. The fourth-order valence-electron chi connectivity index (χ4n) is 0.963. The van der Waals surface area contributed by atoms with Gasteiger partial charge in [-0.2, -0.15) is 0 Å². The molecule has 0 unspecified atom stereocenters. The van der Waals surface area contributed by atoms with E-state index in [0.717, 1.165) is 4.90 Å². The quantitative estimate of drug-likeness (QED) is 0.724. The Morgan fingerprint density at radius 3 is 2.23 bits per heavy atom. The number of hydrogen-bond acceptors (Lipinski definition) is 3. The van der Waals surface area contributed by atoms with Crippen molar-refractivity contribution in [2.24, 2.45) is 0 Å². The number of rotatable bonds is 2. The van der Waals surface area contributed by atoms with Gasteiger partial charge in [0, 0.05) is 22.2 Å². The van der Waals surface area contributed by atoms with Crippen LogP contribution in [0.4, 0.5) is 0 Å². The maximum Gasteiger partial charge on any atom is 0.115 e. The molecule has 0 aliphatic heterocycles. The van der Waals surface area contributed by atoms with Gasteiger partial charge in [-0.05, 0) is 12.1 Å². The normalized spacial score (nSPS) is 9.85. The topological polar surface area (TPSA) is 25.8 Å². The van der Waals surface area contributed by atoms with Gasteiger partial charge in [0.15, 0.2) is 0 Å². The van der Waals surface area contributed by atoms with E-state index in [1.807, 2.05) is 30.6 Å². The highest BCUT2D eigenvalue weighted by Gasteiger charge is 1.94. The van der Waals surface area contributed by atoms with Gasteiger partial charge >= 0.3 is 0 Å². The Morgan fingerprint density at radius 2 is 1.54 bits per heavy atom. The SMILES string of the molecule is c1ccc(Sc2cncnc2)cc1. The number of nitrogens with zero attached hydrogens (tertiary/aromatic N) is 2. The van der Waals surface area contributed by atoms with Gasteiger partial charge in [0.1, 0.15) is 6.33 Å². The lowest BCUT2D eigenvalue weighted by molar-refractivity contribution is 1.10. The maximum atomic E-state index is 3.95. The lowest BCUT2D eigenvalue weighted by Gasteiger charge is -1.98. The monoisotopic (exact) mass is 188 g/mol. The standard InChI is InChI=1S/C10H8N2S/c1-2-4-9(5-3-1)13-10-6-11-8-12-7-10/h1-8H. The lowest BCUT2D eigenvalue weighted by atomic mass is 10.4. The van der Waals surface area contributed by atoms with Gasteiger partial charge in [0.05, 0.1) is 0 Å². The Hall–Kier alpha value is -1.35. The van der Waals surface area contributed by atoms with Crippen molar-refractivity contribution in [3.05, 3.63) is 49.1 Å². The van der Waals surface area contributed by atoms with E-state index in [4.69, 9.17) is 0 Å². The summed E-state index contributed by atoms with van der Waals surface area (Å²) >= 11 is 1.66. The summed E-state index contributed by atoms with van der Waals surface area (Å²) in [6.07, 6.45) is 5.16. The molecular formula is C10H8N2S. The minimum absolute atomic E-state index is 1.06. The zero-order chi connectivity index (χ0) is 8.93. The van der Waals surface area contributed by atoms with E-state index >= 15 is 0 Å². The molecule has 13 heavy (non-hydrogen) atoms. The summed E-state index contributed by atoms with van der Waals surface area (Å²) in [6, 6.07) is 10.2. The van der Waals surface area contributed by atoms with Crippen LogP contribution in [-0.2, 0) is 0 Å². The van der Waals surface area contributed by atoms with E-state index in [1.165, 1.54) is 11.2 Å². The molecule has 1 heterocycles. The predicted octanol–water partition coefficient (Wildman–Crippen LogP) is 2.63. The summed E-state index contributed by atoms with van der Waals surface area (Å²) < 4.78 is 0. The second-order valence-corrected chi connectivity index (χ2v) is 3.64. The highest BCUT2D eigenvalue weighted by Crippen LogP contribution is 2.25. The van der Waals surface area contributed by atoms with E-state index in [0.29, 0.717) is 0 Å². The second-order valence-electron chi connectivity index (χ2n) is 2.49. The summed E-state index contributed by atoms with van der Waals surface area (Å²) in [7, 11) is 0. The van der Waals surface area contributed by atoms with Crippen LogP contribution >= 0.6 is 11.8 Å². The maximum absolute atomic E-state index is 3.95. The van der Waals surface area contributed by atoms with Crippen LogP contribution in [0.1, 0.15) is 0 Å². The Morgan fingerprint density at radius 1 is 0.846 bits per heavy atom. The van der Waals surface area contributed by atoms with Crippen LogP contribution in [0.3, 0.4) is 0 Å². The van der Waals surface area contributed by atoms with E-state index in [2.05, 4.69) is 22.1 Å². The molecule has 0 amide bonds. The molecule has 1 aromatic carbocycles. The molecule has 0 fully saturated rings. The molecule has 0 atom stereocenters. The van der Waals surface area contributed by atoms with Crippen LogP contribution in [0.5, 0.6) is 0 Å². The number of hydrogen-bond donors (Lipinski definition) is 0. The van der Waals surface area contributed by atoms with Gasteiger partial charge in [-0.3, -0.25) is 0 Å². The third-order valence-corrected chi connectivity index (χ3v) is 2.47. The highest BCUT2D eigenvalue weighted by atomic mass is 32.2. The van der Waals surface area contributed by atoms with Crippen molar-refractivity contribution in [1.29, 1.82) is 0 Å². The van der Waals surface area contributed by atoms with E-state index in [-0.39, 0.29) is 0 Å². The van der Waals surface area contributed by atoms with Crippen LogP contribution < -0.4 is 0 Å². The first kappa shape index (κ1) is 8.26. The smallest absolute Gasteiger partial charge is 0.115 e. The molecule has 0 saturated heterocycles. The van der Waals surface area contributed by atoms with Crippen molar-refractivity contribution < 1.29 is 0 Å². The average Bonchev–Trinajstić information content (AvgIpc) is 2.21. The summed E-state index contributed by atoms with van der Waals surface area (Å²) in [5, 5.41) is 0. The predicted molar refractivity (Wildman–Crippen MR) is 52.6 cm³/mol. The van der Waals surface area contributed by atoms with Crippen LogP contribution in [0.15, 0.2) is 58.8 Å². The molecule has 3 heteroatoms. The van der Waals surface area contributed by atoms with Crippen molar-refractivity contribution >= 4 is 11.8 Å². The molecule has 0 spiro atoms. The van der Waals surface area contributed by atoms with Gasteiger partial charge < -0.3 is 0 Å². The Labute approximate surface area is 81.1 Å². The van der Waals surface area contributed by atoms with Crippen molar-refractivity contribution in [2.75, 3.05) is 0 Å². The lowest BCUT2D eigenvalue weighted by Crippen LogP contribution is -1.77. The molecular weight excluding hydrogens is 180 g/mol. The van der Waals surface area contributed by atoms with Gasteiger partial charge in [-0.15, -0.1) is 0 Å². The molecule has 2 aromatic rings. The largest absolute Gasteiger partial charge is 0.244 e. The Balaban J connectivity index is 2.16. The van der Waals surface area contributed by atoms with Gasteiger partial charge in [0.2, 0.25) is 0 Å². The van der Waals surface area contributed by atoms with Crippen LogP contribution in [0, 0.1) is 0 Å². The van der Waals surface area contributed by atoms with Crippen molar-refractivity contribution in [2.45, 2.75) is 9.79 Å². The molecule has 0 bridgehead atoms. The summed E-state index contributed by atoms with van der Waals surface area (Å²) in [5.74, 6) is 0. The molecule has 0 aliphatic carbocycles. The zero-order valence-corrected chi connectivity index (χ0v) is 7.74. The van der Waals surface area contributed by atoms with Crippen LogP contribution in [0.25, 0.3) is 0 Å². The number of benzene rings is 1. The fraction of sp³-hybridized carbons (Fsp3) is 0. The third-order valence-electron chi connectivity index (χ3n) is 1.52. The van der Waals surface area contributed by atoms with E-state index in [1.54, 1.807) is 11.8 Å². The molecule has 0 saturated carbocycles. The molecule has 1 aromatic heterocycles. The molecule has 64 valence electrons. The summed E-state index contributed by atoms with van der Waals surface area (Å²) in [6.45, 7) is 0.